The largest absolute Gasteiger partial charge is 0.352 e. The molecule has 0 aliphatic rings. The third-order valence-electron chi connectivity index (χ3n) is 2.70. The van der Waals surface area contributed by atoms with Crippen LogP contribution in [0.2, 0.25) is 0 Å². The molecule has 0 aliphatic carbocycles. The van der Waals surface area contributed by atoms with Gasteiger partial charge < -0.3 is 9.47 Å². The summed E-state index contributed by atoms with van der Waals surface area (Å²) in [4.78, 5) is 2.23. The molecule has 1 aromatic carbocycles. The van der Waals surface area contributed by atoms with Gasteiger partial charge in [-0.05, 0) is 33.4 Å². The van der Waals surface area contributed by atoms with E-state index >= 15 is 0 Å². The third-order valence-corrected chi connectivity index (χ3v) is 2.70. The first-order valence-corrected chi connectivity index (χ1v) is 6.63. The van der Waals surface area contributed by atoms with E-state index in [1.165, 1.54) is 11.1 Å². The highest BCUT2D eigenvalue weighted by Crippen LogP contribution is 2.08. The van der Waals surface area contributed by atoms with Gasteiger partial charge in [-0.25, -0.2) is 0 Å². The Balaban J connectivity index is 2.46. The third kappa shape index (κ3) is 5.63. The average Bonchev–Trinajstić information content (AvgIpc) is 2.29. The van der Waals surface area contributed by atoms with Gasteiger partial charge in [0, 0.05) is 26.3 Å². The minimum Gasteiger partial charge on any atom is -0.352 e. The molecule has 3 nitrogen and oxygen atoms in total. The van der Waals surface area contributed by atoms with Gasteiger partial charge in [0.25, 0.3) is 0 Å². The van der Waals surface area contributed by atoms with Crippen molar-refractivity contribution in [2.45, 2.75) is 33.6 Å². The smallest absolute Gasteiger partial charge is 0.170 e. The summed E-state index contributed by atoms with van der Waals surface area (Å²) in [6.45, 7) is 9.17. The van der Waals surface area contributed by atoms with Crippen LogP contribution in [-0.2, 0) is 16.0 Å². The number of hydrogen-bond donors (Lipinski definition) is 0. The summed E-state index contributed by atoms with van der Waals surface area (Å²) in [6, 6.07) is 8.58. The zero-order valence-electron chi connectivity index (χ0n) is 12.0. The van der Waals surface area contributed by atoms with Crippen LogP contribution in [0.15, 0.2) is 24.3 Å². The summed E-state index contributed by atoms with van der Waals surface area (Å²) in [7, 11) is 2.09. The highest BCUT2D eigenvalue weighted by molar-refractivity contribution is 5.21. The van der Waals surface area contributed by atoms with Gasteiger partial charge in [-0.15, -0.1) is 0 Å². The molecule has 0 amide bonds. The van der Waals surface area contributed by atoms with E-state index < -0.39 is 0 Å². The van der Waals surface area contributed by atoms with Crippen LogP contribution in [0, 0.1) is 6.92 Å². The maximum atomic E-state index is 5.55. The first kappa shape index (κ1) is 15.2. The molecule has 0 spiro atoms. The molecule has 0 saturated heterocycles. The summed E-state index contributed by atoms with van der Waals surface area (Å²) in [5.41, 5.74) is 2.62. The quantitative estimate of drug-likeness (QED) is 0.663. The van der Waals surface area contributed by atoms with Crippen LogP contribution < -0.4 is 0 Å². The number of ether oxygens (including phenoxy) is 2. The van der Waals surface area contributed by atoms with Crippen molar-refractivity contribution >= 4 is 0 Å². The molecule has 0 bridgehead atoms. The Bertz CT molecular complexity index is 335. The predicted molar refractivity (Wildman–Crippen MR) is 74.6 cm³/mol. The number of aryl methyl sites for hydroxylation is 1. The monoisotopic (exact) mass is 251 g/mol. The fraction of sp³-hybridized carbons (Fsp3) is 0.600. The van der Waals surface area contributed by atoms with E-state index in [4.69, 9.17) is 9.47 Å². The van der Waals surface area contributed by atoms with Gasteiger partial charge in [0.05, 0.1) is 0 Å². The topological polar surface area (TPSA) is 21.7 Å². The highest BCUT2D eigenvalue weighted by atomic mass is 16.7. The number of rotatable bonds is 8. The lowest BCUT2D eigenvalue weighted by molar-refractivity contribution is -0.145. The predicted octanol–water partition coefficient (Wildman–Crippen LogP) is 2.83. The van der Waals surface area contributed by atoms with E-state index in [-0.39, 0.29) is 6.29 Å². The number of nitrogens with zero attached hydrogens (tertiary/aromatic N) is 1. The number of hydrogen-bond acceptors (Lipinski definition) is 3. The van der Waals surface area contributed by atoms with Crippen molar-refractivity contribution in [3.05, 3.63) is 35.4 Å². The second-order valence-electron chi connectivity index (χ2n) is 4.53. The molecular weight excluding hydrogens is 226 g/mol. The van der Waals surface area contributed by atoms with Gasteiger partial charge in [0.2, 0.25) is 0 Å². The molecule has 0 saturated carbocycles. The number of benzene rings is 1. The maximum absolute atomic E-state index is 5.55. The van der Waals surface area contributed by atoms with Crippen LogP contribution in [-0.4, -0.2) is 38.0 Å². The van der Waals surface area contributed by atoms with Crippen LogP contribution in [0.25, 0.3) is 0 Å². The van der Waals surface area contributed by atoms with Crippen molar-refractivity contribution in [2.75, 3.05) is 26.8 Å². The average molecular weight is 251 g/mol. The van der Waals surface area contributed by atoms with E-state index in [2.05, 4.69) is 43.1 Å². The molecule has 102 valence electrons. The Morgan fingerprint density at radius 2 is 1.83 bits per heavy atom. The Morgan fingerprint density at radius 1 is 1.17 bits per heavy atom. The van der Waals surface area contributed by atoms with Crippen LogP contribution in [0.3, 0.4) is 0 Å². The molecule has 0 aliphatic heterocycles. The first-order valence-electron chi connectivity index (χ1n) is 6.63. The molecule has 1 aromatic rings. The normalized spacial score (nSPS) is 11.4. The lowest BCUT2D eigenvalue weighted by atomic mass is 10.1. The maximum Gasteiger partial charge on any atom is 0.170 e. The zero-order valence-corrected chi connectivity index (χ0v) is 12.0. The molecule has 0 aromatic heterocycles. The summed E-state index contributed by atoms with van der Waals surface area (Å²) >= 11 is 0. The van der Waals surface area contributed by atoms with E-state index in [1.54, 1.807) is 0 Å². The Labute approximate surface area is 111 Å². The molecule has 18 heavy (non-hydrogen) atoms. The van der Waals surface area contributed by atoms with Gasteiger partial charge in [0.15, 0.2) is 6.29 Å². The standard InChI is InChI=1S/C15H25NO2/c1-5-17-15(18-6-2)12-16(4)11-14-9-7-8-13(3)10-14/h7-10,15H,5-6,11-12H2,1-4H3. The van der Waals surface area contributed by atoms with Crippen LogP contribution in [0.5, 0.6) is 0 Å². The van der Waals surface area contributed by atoms with Crippen LogP contribution in [0.4, 0.5) is 0 Å². The summed E-state index contributed by atoms with van der Waals surface area (Å²) in [5.74, 6) is 0. The molecule has 3 heteroatoms. The lowest BCUT2D eigenvalue weighted by Gasteiger charge is -2.23. The van der Waals surface area contributed by atoms with Crippen molar-refractivity contribution in [2.24, 2.45) is 0 Å². The molecular formula is C15H25NO2. The van der Waals surface area contributed by atoms with Gasteiger partial charge >= 0.3 is 0 Å². The van der Waals surface area contributed by atoms with E-state index in [0.717, 1.165) is 13.1 Å². The van der Waals surface area contributed by atoms with Crippen LogP contribution in [0.1, 0.15) is 25.0 Å². The summed E-state index contributed by atoms with van der Waals surface area (Å²) in [5, 5.41) is 0. The molecule has 0 N–H and O–H groups in total. The van der Waals surface area contributed by atoms with Crippen molar-refractivity contribution in [1.82, 2.24) is 4.90 Å². The molecule has 0 heterocycles. The Kier molecular flexibility index (Phi) is 6.94. The fourth-order valence-corrected chi connectivity index (χ4v) is 1.97. The minimum absolute atomic E-state index is 0.130. The molecule has 0 radical (unpaired) electrons. The second-order valence-corrected chi connectivity index (χ2v) is 4.53. The zero-order chi connectivity index (χ0) is 13.4. The molecule has 0 unspecified atom stereocenters. The first-order chi connectivity index (χ1) is 8.65. The second kappa shape index (κ2) is 8.25. The van der Waals surface area contributed by atoms with Crippen molar-refractivity contribution in [3.63, 3.8) is 0 Å². The molecule has 0 atom stereocenters. The number of likely N-dealkylation sites (N-methyl/N-ethyl adjacent to an activating group) is 1. The Morgan fingerprint density at radius 3 is 2.39 bits per heavy atom. The summed E-state index contributed by atoms with van der Waals surface area (Å²) < 4.78 is 11.1. The van der Waals surface area contributed by atoms with Crippen LogP contribution >= 0.6 is 0 Å². The van der Waals surface area contributed by atoms with Gasteiger partial charge in [-0.1, -0.05) is 29.8 Å². The minimum atomic E-state index is -0.130. The Hall–Kier alpha value is -0.900. The fourth-order valence-electron chi connectivity index (χ4n) is 1.97. The van der Waals surface area contributed by atoms with Crippen molar-refractivity contribution < 1.29 is 9.47 Å². The molecule has 1 rings (SSSR count). The lowest BCUT2D eigenvalue weighted by Crippen LogP contribution is -2.32. The van der Waals surface area contributed by atoms with Gasteiger partial charge in [-0.3, -0.25) is 4.90 Å². The van der Waals surface area contributed by atoms with E-state index in [0.29, 0.717) is 13.2 Å². The van der Waals surface area contributed by atoms with E-state index in [1.807, 2.05) is 13.8 Å². The highest BCUT2D eigenvalue weighted by Gasteiger charge is 2.11. The van der Waals surface area contributed by atoms with Crippen molar-refractivity contribution in [3.8, 4) is 0 Å². The summed E-state index contributed by atoms with van der Waals surface area (Å²) in [6.07, 6.45) is -0.130. The van der Waals surface area contributed by atoms with Gasteiger partial charge in [-0.2, -0.15) is 0 Å². The SMILES string of the molecule is CCOC(CN(C)Cc1cccc(C)c1)OCC. The van der Waals surface area contributed by atoms with Gasteiger partial charge in [0.1, 0.15) is 0 Å². The van der Waals surface area contributed by atoms with Crippen molar-refractivity contribution in [1.29, 1.82) is 0 Å². The molecule has 0 fully saturated rings. The van der Waals surface area contributed by atoms with E-state index in [9.17, 15) is 0 Å².